The van der Waals surface area contributed by atoms with Crippen molar-refractivity contribution >= 4 is 34.1 Å². The van der Waals surface area contributed by atoms with Crippen LogP contribution in [0.15, 0.2) is 35.7 Å². The van der Waals surface area contributed by atoms with Crippen molar-refractivity contribution in [3.63, 3.8) is 0 Å². The average molecular weight is 464 g/mol. The summed E-state index contributed by atoms with van der Waals surface area (Å²) in [6, 6.07) is 9.75. The lowest BCUT2D eigenvalue weighted by molar-refractivity contribution is -0.120. The van der Waals surface area contributed by atoms with Gasteiger partial charge in [-0.2, -0.15) is 4.98 Å². The maximum absolute atomic E-state index is 12.9. The Morgan fingerprint density at radius 3 is 2.45 bits per heavy atom. The molecular formula is C23H25N7O2S. The van der Waals surface area contributed by atoms with E-state index in [1.807, 2.05) is 49.6 Å². The van der Waals surface area contributed by atoms with Gasteiger partial charge in [0.15, 0.2) is 0 Å². The van der Waals surface area contributed by atoms with Crippen LogP contribution in [0.1, 0.15) is 24.2 Å². The summed E-state index contributed by atoms with van der Waals surface area (Å²) in [5.41, 5.74) is 3.84. The molecule has 1 aliphatic rings. The van der Waals surface area contributed by atoms with Gasteiger partial charge in [-0.15, -0.1) is 16.4 Å². The number of anilines is 2. The number of amides is 1. The third-order valence-electron chi connectivity index (χ3n) is 5.82. The number of aryl methyl sites for hydroxylation is 2. The summed E-state index contributed by atoms with van der Waals surface area (Å²) in [7, 11) is 1.64. The smallest absolute Gasteiger partial charge is 0.250 e. The molecule has 0 radical (unpaired) electrons. The molecule has 1 aromatic carbocycles. The van der Waals surface area contributed by atoms with E-state index in [9.17, 15) is 4.79 Å². The van der Waals surface area contributed by atoms with Gasteiger partial charge < -0.3 is 9.64 Å². The quantitative estimate of drug-likeness (QED) is 0.482. The van der Waals surface area contributed by atoms with Crippen LogP contribution in [0.25, 0.3) is 16.2 Å². The summed E-state index contributed by atoms with van der Waals surface area (Å²) in [6.45, 7) is 5.44. The second kappa shape index (κ2) is 8.78. The SMILES string of the molecule is COc1ccc(-c2csc3nc(NC(=O)C4CCN(c5nc(C)cc(C)n5)CC4)nn23)cc1. The molecule has 1 fully saturated rings. The molecule has 9 nitrogen and oxygen atoms in total. The number of hydrogen-bond donors (Lipinski definition) is 1. The third-order valence-corrected chi connectivity index (χ3v) is 6.64. The minimum absolute atomic E-state index is 0.0414. The number of piperidine rings is 1. The first-order chi connectivity index (χ1) is 16.0. The summed E-state index contributed by atoms with van der Waals surface area (Å²) < 4.78 is 7.00. The van der Waals surface area contributed by atoms with Crippen molar-refractivity contribution in [2.45, 2.75) is 26.7 Å². The van der Waals surface area contributed by atoms with Gasteiger partial charge in [0.2, 0.25) is 22.8 Å². The molecule has 0 atom stereocenters. The second-order valence-corrected chi connectivity index (χ2v) is 9.02. The highest BCUT2D eigenvalue weighted by Crippen LogP contribution is 2.28. The van der Waals surface area contributed by atoms with Crippen LogP contribution in [0.2, 0.25) is 0 Å². The molecule has 170 valence electrons. The van der Waals surface area contributed by atoms with Crippen LogP contribution >= 0.6 is 11.3 Å². The normalized spacial score (nSPS) is 14.6. The fraction of sp³-hybridized carbons (Fsp3) is 0.348. The highest BCUT2D eigenvalue weighted by atomic mass is 32.1. The Balaban J connectivity index is 1.24. The first kappa shape index (κ1) is 21.3. The predicted octanol–water partition coefficient (Wildman–Crippen LogP) is 3.73. The summed E-state index contributed by atoms with van der Waals surface area (Å²) in [4.78, 5) is 29.3. The monoisotopic (exact) mass is 463 g/mol. The molecule has 0 spiro atoms. The van der Waals surface area contributed by atoms with Gasteiger partial charge in [0.1, 0.15) is 5.75 Å². The first-order valence-electron chi connectivity index (χ1n) is 10.9. The predicted molar refractivity (Wildman–Crippen MR) is 128 cm³/mol. The summed E-state index contributed by atoms with van der Waals surface area (Å²) in [5.74, 6) is 1.75. The number of hydrogen-bond acceptors (Lipinski definition) is 8. The number of methoxy groups -OCH3 is 1. The van der Waals surface area contributed by atoms with E-state index in [0.29, 0.717) is 5.95 Å². The van der Waals surface area contributed by atoms with Gasteiger partial charge in [0.05, 0.1) is 12.8 Å². The number of fused-ring (bicyclic) bond motifs is 1. The average Bonchev–Trinajstić information content (AvgIpc) is 3.39. The molecule has 1 N–H and O–H groups in total. The summed E-state index contributed by atoms with van der Waals surface area (Å²) in [5, 5.41) is 9.45. The van der Waals surface area contributed by atoms with E-state index in [0.717, 1.165) is 65.2 Å². The standard InChI is InChI=1S/C23H25N7O2S/c1-14-12-15(2)25-22(24-14)29-10-8-17(9-11-29)20(31)26-21-27-23-30(28-21)19(13-33-23)16-4-6-18(32-3)7-5-16/h4-7,12-13,17H,8-11H2,1-3H3,(H,26,28,31). The number of nitrogens with one attached hydrogen (secondary N) is 1. The molecule has 3 aromatic heterocycles. The maximum Gasteiger partial charge on any atom is 0.250 e. The number of ether oxygens (including phenoxy) is 1. The van der Waals surface area contributed by atoms with Gasteiger partial charge in [-0.3, -0.25) is 10.1 Å². The van der Waals surface area contributed by atoms with Crippen molar-refractivity contribution in [3.8, 4) is 17.0 Å². The lowest BCUT2D eigenvalue weighted by atomic mass is 9.96. The maximum atomic E-state index is 12.9. The van der Waals surface area contributed by atoms with Crippen molar-refractivity contribution < 1.29 is 9.53 Å². The molecule has 1 aliphatic heterocycles. The van der Waals surface area contributed by atoms with Gasteiger partial charge in [0.25, 0.3) is 0 Å². The Hall–Kier alpha value is -3.53. The number of rotatable bonds is 5. The molecule has 4 aromatic rings. The molecule has 33 heavy (non-hydrogen) atoms. The summed E-state index contributed by atoms with van der Waals surface area (Å²) >= 11 is 1.49. The van der Waals surface area contributed by atoms with Gasteiger partial charge >= 0.3 is 0 Å². The highest BCUT2D eigenvalue weighted by molar-refractivity contribution is 7.15. The van der Waals surface area contributed by atoms with Crippen LogP contribution in [-0.2, 0) is 4.79 Å². The van der Waals surface area contributed by atoms with E-state index in [2.05, 4.69) is 30.3 Å². The molecule has 0 aliphatic carbocycles. The van der Waals surface area contributed by atoms with Gasteiger partial charge in [-0.05, 0) is 57.0 Å². The van der Waals surface area contributed by atoms with Crippen molar-refractivity contribution in [2.75, 3.05) is 30.4 Å². The van der Waals surface area contributed by atoms with E-state index >= 15 is 0 Å². The Bertz CT molecular complexity index is 1270. The lowest BCUT2D eigenvalue weighted by Crippen LogP contribution is -2.39. The minimum atomic E-state index is -0.0882. The largest absolute Gasteiger partial charge is 0.497 e. The number of nitrogens with zero attached hydrogens (tertiary/aromatic N) is 6. The second-order valence-electron chi connectivity index (χ2n) is 8.18. The fourth-order valence-corrected chi connectivity index (χ4v) is 4.93. The van der Waals surface area contributed by atoms with Crippen molar-refractivity contribution in [1.29, 1.82) is 0 Å². The highest BCUT2D eigenvalue weighted by Gasteiger charge is 2.27. The molecule has 0 saturated carbocycles. The fourth-order valence-electron chi connectivity index (χ4n) is 4.10. The van der Waals surface area contributed by atoms with E-state index in [4.69, 9.17) is 4.74 Å². The van der Waals surface area contributed by atoms with Gasteiger partial charge in [-0.25, -0.2) is 14.5 Å². The Kier molecular flexibility index (Phi) is 5.67. The van der Waals surface area contributed by atoms with Crippen molar-refractivity contribution in [1.82, 2.24) is 24.6 Å². The van der Waals surface area contributed by atoms with Crippen LogP contribution in [0.5, 0.6) is 5.75 Å². The van der Waals surface area contributed by atoms with Crippen LogP contribution in [0, 0.1) is 19.8 Å². The number of thiazole rings is 1. The molecular weight excluding hydrogens is 438 g/mol. The number of carbonyl (C=O) groups is 1. The first-order valence-corrected chi connectivity index (χ1v) is 11.7. The molecule has 0 unspecified atom stereocenters. The minimum Gasteiger partial charge on any atom is -0.497 e. The molecule has 4 heterocycles. The van der Waals surface area contributed by atoms with Crippen molar-refractivity contribution in [3.05, 3.63) is 47.1 Å². The number of aromatic nitrogens is 5. The molecule has 0 bridgehead atoms. The van der Waals surface area contributed by atoms with Crippen LogP contribution in [0.4, 0.5) is 11.9 Å². The zero-order chi connectivity index (χ0) is 22.9. The van der Waals surface area contributed by atoms with E-state index in [-0.39, 0.29) is 11.8 Å². The lowest BCUT2D eigenvalue weighted by Gasteiger charge is -2.31. The van der Waals surface area contributed by atoms with Crippen LogP contribution in [0.3, 0.4) is 0 Å². The number of carbonyl (C=O) groups excluding carboxylic acids is 1. The van der Waals surface area contributed by atoms with E-state index in [1.165, 1.54) is 11.3 Å². The van der Waals surface area contributed by atoms with E-state index in [1.54, 1.807) is 11.6 Å². The third kappa shape index (κ3) is 4.38. The molecule has 5 rings (SSSR count). The molecule has 1 amide bonds. The van der Waals surface area contributed by atoms with Crippen LogP contribution in [-0.4, -0.2) is 50.7 Å². The van der Waals surface area contributed by atoms with E-state index < -0.39 is 0 Å². The zero-order valence-corrected chi connectivity index (χ0v) is 19.6. The Morgan fingerprint density at radius 2 is 1.79 bits per heavy atom. The van der Waals surface area contributed by atoms with Crippen LogP contribution < -0.4 is 15.0 Å². The Labute approximate surface area is 195 Å². The van der Waals surface area contributed by atoms with Crippen molar-refractivity contribution in [2.24, 2.45) is 5.92 Å². The topological polar surface area (TPSA) is 97.5 Å². The number of benzene rings is 1. The van der Waals surface area contributed by atoms with Gasteiger partial charge in [0, 0.05) is 41.3 Å². The Morgan fingerprint density at radius 1 is 1.09 bits per heavy atom. The van der Waals surface area contributed by atoms with Gasteiger partial charge in [-0.1, -0.05) is 0 Å². The zero-order valence-electron chi connectivity index (χ0n) is 18.8. The molecule has 10 heteroatoms. The summed E-state index contributed by atoms with van der Waals surface area (Å²) in [6.07, 6.45) is 1.48. The molecule has 1 saturated heterocycles.